The molecule has 2 aromatic rings. The molecule has 0 atom stereocenters. The van der Waals surface area contributed by atoms with E-state index in [-0.39, 0.29) is 5.76 Å². The fourth-order valence-corrected chi connectivity index (χ4v) is 1.32. The molecule has 0 aliphatic rings. The number of fused-ring (bicyclic) bond motifs is 1. The number of carbonyl (C=O) groups is 2. The Hall–Kier alpha value is -2.30. The van der Waals surface area contributed by atoms with E-state index in [9.17, 15) is 9.59 Å². The molecule has 5 nitrogen and oxygen atoms in total. The summed E-state index contributed by atoms with van der Waals surface area (Å²) in [5.41, 5.74) is 11.0. The molecule has 0 saturated heterocycles. The van der Waals surface area contributed by atoms with Gasteiger partial charge in [-0.1, -0.05) is 0 Å². The molecule has 0 bridgehead atoms. The molecule has 15 heavy (non-hydrogen) atoms. The monoisotopic (exact) mass is 204 g/mol. The number of primary amides is 2. The normalized spacial score (nSPS) is 10.4. The molecule has 5 heteroatoms. The number of hydrogen-bond donors (Lipinski definition) is 2. The summed E-state index contributed by atoms with van der Waals surface area (Å²) in [5, 5.41) is 0.625. The van der Waals surface area contributed by atoms with E-state index in [1.807, 2.05) is 0 Å². The first-order chi connectivity index (χ1) is 7.08. The van der Waals surface area contributed by atoms with Gasteiger partial charge in [-0.25, -0.2) is 0 Å². The van der Waals surface area contributed by atoms with Gasteiger partial charge in [0.1, 0.15) is 5.58 Å². The summed E-state index contributed by atoms with van der Waals surface area (Å²) in [4.78, 5) is 21.7. The molecule has 0 aliphatic heterocycles. The van der Waals surface area contributed by atoms with Crippen molar-refractivity contribution in [3.05, 3.63) is 35.6 Å². The molecule has 2 amide bonds. The lowest BCUT2D eigenvalue weighted by Crippen LogP contribution is -2.10. The molecule has 0 saturated carbocycles. The molecule has 0 unspecified atom stereocenters. The quantitative estimate of drug-likeness (QED) is 0.750. The highest BCUT2D eigenvalue weighted by molar-refractivity contribution is 5.99. The number of rotatable bonds is 2. The van der Waals surface area contributed by atoms with Gasteiger partial charge >= 0.3 is 0 Å². The molecule has 76 valence electrons. The van der Waals surface area contributed by atoms with Crippen LogP contribution in [0.15, 0.2) is 28.7 Å². The van der Waals surface area contributed by atoms with Gasteiger partial charge in [-0.15, -0.1) is 0 Å². The SMILES string of the molecule is NC(=O)c1ccc2oc(C(N)=O)cc2c1. The molecule has 2 rings (SSSR count). The highest BCUT2D eigenvalue weighted by atomic mass is 16.3. The summed E-state index contributed by atoms with van der Waals surface area (Å²) in [6.07, 6.45) is 0. The average Bonchev–Trinajstić information content (AvgIpc) is 2.59. The van der Waals surface area contributed by atoms with Gasteiger partial charge in [-0.05, 0) is 24.3 Å². The zero-order valence-electron chi connectivity index (χ0n) is 7.69. The fourth-order valence-electron chi connectivity index (χ4n) is 1.32. The maximum atomic E-state index is 10.9. The van der Waals surface area contributed by atoms with Gasteiger partial charge in [0, 0.05) is 10.9 Å². The molecular weight excluding hydrogens is 196 g/mol. The van der Waals surface area contributed by atoms with Crippen LogP contribution in [0.5, 0.6) is 0 Å². The lowest BCUT2D eigenvalue weighted by molar-refractivity contribution is 0.0973. The molecule has 0 fully saturated rings. The predicted octanol–water partition coefficient (Wildman–Crippen LogP) is 0.631. The van der Waals surface area contributed by atoms with Crippen LogP contribution in [0, 0.1) is 0 Å². The van der Waals surface area contributed by atoms with E-state index in [1.165, 1.54) is 12.1 Å². The first-order valence-electron chi connectivity index (χ1n) is 4.21. The van der Waals surface area contributed by atoms with Crippen LogP contribution in [-0.4, -0.2) is 11.8 Å². The third-order valence-electron chi connectivity index (χ3n) is 2.04. The average molecular weight is 204 g/mol. The van der Waals surface area contributed by atoms with E-state index in [1.54, 1.807) is 12.1 Å². The Bertz CT molecular complexity index is 545. The van der Waals surface area contributed by atoms with E-state index in [0.29, 0.717) is 16.5 Å². The lowest BCUT2D eigenvalue weighted by Gasteiger charge is -1.93. The second-order valence-electron chi connectivity index (χ2n) is 3.09. The molecule has 1 aromatic heterocycles. The largest absolute Gasteiger partial charge is 0.451 e. The second kappa shape index (κ2) is 3.13. The molecule has 0 aliphatic carbocycles. The second-order valence-corrected chi connectivity index (χ2v) is 3.09. The van der Waals surface area contributed by atoms with Gasteiger partial charge < -0.3 is 15.9 Å². The van der Waals surface area contributed by atoms with Gasteiger partial charge in [0.25, 0.3) is 5.91 Å². The highest BCUT2D eigenvalue weighted by Gasteiger charge is 2.10. The van der Waals surface area contributed by atoms with Crippen LogP contribution in [0.25, 0.3) is 11.0 Å². The van der Waals surface area contributed by atoms with Gasteiger partial charge in [-0.3, -0.25) is 9.59 Å². The Kier molecular flexibility index (Phi) is 1.93. The summed E-state index contributed by atoms with van der Waals surface area (Å²) < 4.78 is 5.14. The van der Waals surface area contributed by atoms with Crippen molar-refractivity contribution < 1.29 is 14.0 Å². The topological polar surface area (TPSA) is 99.3 Å². The fraction of sp³-hybridized carbons (Fsp3) is 0. The minimum absolute atomic E-state index is 0.0617. The first kappa shape index (κ1) is 9.26. The Morgan fingerprint density at radius 1 is 1.07 bits per heavy atom. The lowest BCUT2D eigenvalue weighted by atomic mass is 10.1. The van der Waals surface area contributed by atoms with Crippen molar-refractivity contribution in [3.63, 3.8) is 0 Å². The number of benzene rings is 1. The summed E-state index contributed by atoms with van der Waals surface area (Å²) in [5.74, 6) is -1.11. The molecule has 1 aromatic carbocycles. The Morgan fingerprint density at radius 3 is 2.40 bits per heavy atom. The van der Waals surface area contributed by atoms with Crippen molar-refractivity contribution in [1.82, 2.24) is 0 Å². The van der Waals surface area contributed by atoms with Crippen molar-refractivity contribution in [1.29, 1.82) is 0 Å². The van der Waals surface area contributed by atoms with Crippen molar-refractivity contribution in [3.8, 4) is 0 Å². The van der Waals surface area contributed by atoms with Gasteiger partial charge in [0.15, 0.2) is 5.76 Å². The molecule has 1 heterocycles. The number of furan rings is 1. The first-order valence-corrected chi connectivity index (χ1v) is 4.21. The maximum Gasteiger partial charge on any atom is 0.284 e. The third kappa shape index (κ3) is 1.54. The maximum absolute atomic E-state index is 10.9. The van der Waals surface area contributed by atoms with Crippen LogP contribution in [0.3, 0.4) is 0 Å². The number of hydrogen-bond acceptors (Lipinski definition) is 3. The zero-order valence-corrected chi connectivity index (χ0v) is 7.69. The Labute approximate surface area is 84.6 Å². The van der Waals surface area contributed by atoms with E-state index >= 15 is 0 Å². The summed E-state index contributed by atoms with van der Waals surface area (Å²) in [6.45, 7) is 0. The number of carbonyl (C=O) groups excluding carboxylic acids is 2. The van der Waals surface area contributed by atoms with E-state index < -0.39 is 11.8 Å². The van der Waals surface area contributed by atoms with Crippen LogP contribution in [-0.2, 0) is 0 Å². The Balaban J connectivity index is 2.62. The molecular formula is C10H8N2O3. The van der Waals surface area contributed by atoms with Crippen molar-refractivity contribution in [2.24, 2.45) is 11.5 Å². The number of amides is 2. The van der Waals surface area contributed by atoms with Crippen LogP contribution in [0.2, 0.25) is 0 Å². The standard InChI is InChI=1S/C10H8N2O3/c11-9(13)5-1-2-7-6(3-5)4-8(15-7)10(12)14/h1-4H,(H2,11,13)(H2,12,14). The van der Waals surface area contributed by atoms with E-state index in [4.69, 9.17) is 15.9 Å². The van der Waals surface area contributed by atoms with Gasteiger partial charge in [0.2, 0.25) is 5.91 Å². The molecule has 4 N–H and O–H groups in total. The van der Waals surface area contributed by atoms with Crippen molar-refractivity contribution in [2.75, 3.05) is 0 Å². The minimum atomic E-state index is -0.646. The van der Waals surface area contributed by atoms with Gasteiger partial charge in [0.05, 0.1) is 0 Å². The highest BCUT2D eigenvalue weighted by Crippen LogP contribution is 2.20. The minimum Gasteiger partial charge on any atom is -0.451 e. The number of nitrogens with two attached hydrogens (primary N) is 2. The molecule has 0 spiro atoms. The van der Waals surface area contributed by atoms with Crippen LogP contribution in [0.1, 0.15) is 20.9 Å². The van der Waals surface area contributed by atoms with Crippen molar-refractivity contribution >= 4 is 22.8 Å². The van der Waals surface area contributed by atoms with Crippen LogP contribution >= 0.6 is 0 Å². The summed E-state index contributed by atoms with van der Waals surface area (Å²) in [7, 11) is 0. The van der Waals surface area contributed by atoms with Crippen LogP contribution < -0.4 is 11.5 Å². The summed E-state index contributed by atoms with van der Waals surface area (Å²) >= 11 is 0. The Morgan fingerprint density at radius 2 is 1.80 bits per heavy atom. The van der Waals surface area contributed by atoms with Crippen molar-refractivity contribution in [2.45, 2.75) is 0 Å². The summed E-state index contributed by atoms with van der Waals surface area (Å²) in [6, 6.07) is 6.12. The van der Waals surface area contributed by atoms with E-state index in [2.05, 4.69) is 0 Å². The zero-order chi connectivity index (χ0) is 11.0. The van der Waals surface area contributed by atoms with Crippen LogP contribution in [0.4, 0.5) is 0 Å². The van der Waals surface area contributed by atoms with E-state index in [0.717, 1.165) is 0 Å². The molecule has 0 radical (unpaired) electrons. The smallest absolute Gasteiger partial charge is 0.284 e. The third-order valence-corrected chi connectivity index (χ3v) is 2.04. The predicted molar refractivity (Wildman–Crippen MR) is 53.2 cm³/mol. The van der Waals surface area contributed by atoms with Gasteiger partial charge in [-0.2, -0.15) is 0 Å².